The fraction of sp³-hybridized carbons (Fsp3) is 0.250. The summed E-state index contributed by atoms with van der Waals surface area (Å²) in [6, 6.07) is 31.1. The third-order valence-corrected chi connectivity index (χ3v) is 5.83. The van der Waals surface area contributed by atoms with Crippen LogP contribution in [-0.2, 0) is 19.7 Å². The van der Waals surface area contributed by atoms with Crippen LogP contribution in [0, 0.1) is 11.3 Å². The van der Waals surface area contributed by atoms with Crippen molar-refractivity contribution >= 4 is 11.9 Å². The molecule has 3 rings (SSSR count). The maximum Gasteiger partial charge on any atom is 0.328 e. The lowest BCUT2D eigenvalue weighted by atomic mass is 9.67. The smallest absolute Gasteiger partial charge is 0.328 e. The molecule has 0 saturated carbocycles. The summed E-state index contributed by atoms with van der Waals surface area (Å²) in [5.41, 5.74) is 2.20. The molecule has 0 fully saturated rings. The van der Waals surface area contributed by atoms with Gasteiger partial charge < -0.3 is 10.1 Å². The van der Waals surface area contributed by atoms with Crippen molar-refractivity contribution in [2.45, 2.75) is 37.1 Å². The number of rotatable bonds is 10. The maximum absolute atomic E-state index is 13.5. The number of benzene rings is 3. The number of hydrogen-bond acceptors (Lipinski definition) is 4. The van der Waals surface area contributed by atoms with E-state index in [0.717, 1.165) is 16.7 Å². The van der Waals surface area contributed by atoms with Gasteiger partial charge in [-0.2, -0.15) is 5.26 Å². The first-order valence-corrected chi connectivity index (χ1v) is 11.0. The molecule has 5 nitrogen and oxygen atoms in total. The minimum absolute atomic E-state index is 0.108. The summed E-state index contributed by atoms with van der Waals surface area (Å²) in [6.07, 6.45) is 1.26. The van der Waals surface area contributed by atoms with Crippen LogP contribution in [0.5, 0.6) is 0 Å². The van der Waals surface area contributed by atoms with Crippen LogP contribution in [0.1, 0.15) is 42.4 Å². The summed E-state index contributed by atoms with van der Waals surface area (Å²) in [7, 11) is 1.30. The lowest BCUT2D eigenvalue weighted by molar-refractivity contribution is -0.145. The van der Waals surface area contributed by atoms with Crippen molar-refractivity contribution in [2.24, 2.45) is 0 Å². The summed E-state index contributed by atoms with van der Waals surface area (Å²) in [5, 5.41) is 11.7. The topological polar surface area (TPSA) is 79.2 Å². The second kappa shape index (κ2) is 11.6. The van der Waals surface area contributed by atoms with Crippen LogP contribution in [-0.4, -0.2) is 25.0 Å². The molecular weight excluding hydrogens is 412 g/mol. The van der Waals surface area contributed by atoms with Gasteiger partial charge in [-0.15, -0.1) is 0 Å². The van der Waals surface area contributed by atoms with Gasteiger partial charge in [-0.25, -0.2) is 4.79 Å². The molecule has 0 spiro atoms. The van der Waals surface area contributed by atoms with E-state index in [1.165, 1.54) is 7.11 Å². The number of nitriles is 1. The highest BCUT2D eigenvalue weighted by Gasteiger charge is 2.39. The first-order chi connectivity index (χ1) is 16.1. The van der Waals surface area contributed by atoms with Crippen molar-refractivity contribution in [3.05, 3.63) is 108 Å². The Hall–Kier alpha value is -3.91. The van der Waals surface area contributed by atoms with Crippen LogP contribution in [0.4, 0.5) is 0 Å². The number of esters is 1. The Bertz CT molecular complexity index is 980. The van der Waals surface area contributed by atoms with Crippen LogP contribution in [0.15, 0.2) is 91.0 Å². The Morgan fingerprint density at radius 1 is 0.879 bits per heavy atom. The highest BCUT2D eigenvalue weighted by Crippen LogP contribution is 2.42. The molecule has 0 aliphatic carbocycles. The van der Waals surface area contributed by atoms with E-state index in [1.54, 1.807) is 0 Å². The van der Waals surface area contributed by atoms with Crippen molar-refractivity contribution in [1.82, 2.24) is 5.32 Å². The first kappa shape index (κ1) is 23.7. The number of amides is 1. The molecule has 168 valence electrons. The van der Waals surface area contributed by atoms with E-state index < -0.39 is 17.4 Å². The van der Waals surface area contributed by atoms with Crippen LogP contribution in [0.3, 0.4) is 0 Å². The molecule has 0 aliphatic rings. The Balaban J connectivity index is 2.04. The maximum atomic E-state index is 13.5. The number of nitrogens with one attached hydrogen (secondary N) is 1. The molecule has 0 aromatic heterocycles. The number of hydrogen-bond donors (Lipinski definition) is 1. The molecule has 0 heterocycles. The molecule has 0 unspecified atom stereocenters. The van der Waals surface area contributed by atoms with Crippen molar-refractivity contribution in [3.63, 3.8) is 0 Å². The van der Waals surface area contributed by atoms with E-state index in [-0.39, 0.29) is 12.3 Å². The third-order valence-electron chi connectivity index (χ3n) is 5.83. The standard InChI is InChI=1S/C28H28N2O3/c1-33-27(32)25(19-11-12-20-29)30-26(31)21-28(22-13-5-2-6-14-22,23-15-7-3-8-16-23)24-17-9-4-10-18-24/h2-10,13-18,25H,11-12,19,21H2,1H3,(H,30,31)/t25-/m1/s1. The molecule has 1 atom stereocenters. The van der Waals surface area contributed by atoms with E-state index in [9.17, 15) is 9.59 Å². The van der Waals surface area contributed by atoms with Gasteiger partial charge in [-0.05, 0) is 29.5 Å². The van der Waals surface area contributed by atoms with Crippen molar-refractivity contribution in [1.29, 1.82) is 5.26 Å². The number of ether oxygens (including phenoxy) is 1. The molecular formula is C28H28N2O3. The van der Waals surface area contributed by atoms with Gasteiger partial charge in [0.05, 0.1) is 18.6 Å². The summed E-state index contributed by atoms with van der Waals surface area (Å²) in [6.45, 7) is 0. The van der Waals surface area contributed by atoms with Crippen molar-refractivity contribution in [2.75, 3.05) is 7.11 Å². The zero-order valence-electron chi connectivity index (χ0n) is 18.7. The molecule has 0 aliphatic heterocycles. The van der Waals surface area contributed by atoms with Crippen molar-refractivity contribution in [3.8, 4) is 6.07 Å². The SMILES string of the molecule is COC(=O)[C@@H](CCCC#N)NC(=O)CC(c1ccccc1)(c1ccccc1)c1ccccc1. The van der Waals surface area contributed by atoms with Crippen LogP contribution < -0.4 is 5.32 Å². The largest absolute Gasteiger partial charge is 0.467 e. The molecule has 1 N–H and O–H groups in total. The number of carbonyl (C=O) groups is 2. The quantitative estimate of drug-likeness (QED) is 0.280. The Labute approximate surface area is 195 Å². The van der Waals surface area contributed by atoms with Gasteiger partial charge in [-0.1, -0.05) is 91.0 Å². The number of methoxy groups -OCH3 is 1. The predicted molar refractivity (Wildman–Crippen MR) is 127 cm³/mol. The van der Waals surface area contributed by atoms with Crippen LogP contribution in [0.25, 0.3) is 0 Å². The Morgan fingerprint density at radius 3 is 1.73 bits per heavy atom. The minimum Gasteiger partial charge on any atom is -0.467 e. The zero-order valence-corrected chi connectivity index (χ0v) is 18.7. The third kappa shape index (κ3) is 5.67. The zero-order chi connectivity index (χ0) is 23.5. The molecule has 0 bridgehead atoms. The second-order valence-electron chi connectivity index (χ2n) is 7.87. The van der Waals surface area contributed by atoms with Crippen LogP contribution >= 0.6 is 0 Å². The normalized spacial score (nSPS) is 11.8. The lowest BCUT2D eigenvalue weighted by Gasteiger charge is -2.36. The molecule has 3 aromatic carbocycles. The van der Waals surface area contributed by atoms with Gasteiger partial charge in [0.1, 0.15) is 6.04 Å². The van der Waals surface area contributed by atoms with E-state index in [0.29, 0.717) is 19.3 Å². The van der Waals surface area contributed by atoms with E-state index in [2.05, 4.69) is 11.4 Å². The molecule has 0 radical (unpaired) electrons. The minimum atomic E-state index is -0.795. The summed E-state index contributed by atoms with van der Waals surface area (Å²) >= 11 is 0. The fourth-order valence-corrected chi connectivity index (χ4v) is 4.24. The van der Waals surface area contributed by atoms with E-state index >= 15 is 0 Å². The highest BCUT2D eigenvalue weighted by atomic mass is 16.5. The van der Waals surface area contributed by atoms with Gasteiger partial charge in [0.2, 0.25) is 5.91 Å². The number of nitrogens with zero attached hydrogens (tertiary/aromatic N) is 1. The highest BCUT2D eigenvalue weighted by molar-refractivity contribution is 5.86. The molecule has 1 amide bonds. The molecule has 0 saturated heterocycles. The first-order valence-electron chi connectivity index (χ1n) is 11.0. The van der Waals surface area contributed by atoms with Crippen LogP contribution in [0.2, 0.25) is 0 Å². The Morgan fingerprint density at radius 2 is 1.33 bits per heavy atom. The summed E-state index contributed by atoms with van der Waals surface area (Å²) in [4.78, 5) is 25.8. The number of carbonyl (C=O) groups excluding carboxylic acids is 2. The van der Waals surface area contributed by atoms with Gasteiger partial charge in [0.25, 0.3) is 0 Å². The Kier molecular flexibility index (Phi) is 8.37. The van der Waals surface area contributed by atoms with E-state index in [4.69, 9.17) is 10.00 Å². The average Bonchev–Trinajstić information content (AvgIpc) is 2.88. The summed E-state index contributed by atoms with van der Waals surface area (Å²) in [5.74, 6) is -0.773. The number of unbranched alkanes of at least 4 members (excludes halogenated alkanes) is 1. The van der Waals surface area contributed by atoms with E-state index in [1.807, 2.05) is 91.0 Å². The lowest BCUT2D eigenvalue weighted by Crippen LogP contribution is -2.45. The van der Waals surface area contributed by atoms with Gasteiger partial charge in [-0.3, -0.25) is 4.79 Å². The second-order valence-corrected chi connectivity index (χ2v) is 7.87. The summed E-state index contributed by atoms with van der Waals surface area (Å²) < 4.78 is 4.89. The van der Waals surface area contributed by atoms with Gasteiger partial charge >= 0.3 is 5.97 Å². The molecule has 33 heavy (non-hydrogen) atoms. The molecule has 5 heteroatoms. The average molecular weight is 441 g/mol. The van der Waals surface area contributed by atoms with Crippen molar-refractivity contribution < 1.29 is 14.3 Å². The van der Waals surface area contributed by atoms with Gasteiger partial charge in [0, 0.05) is 12.8 Å². The predicted octanol–water partition coefficient (Wildman–Crippen LogP) is 4.76. The monoisotopic (exact) mass is 440 g/mol. The van der Waals surface area contributed by atoms with Gasteiger partial charge in [0.15, 0.2) is 0 Å². The molecule has 3 aromatic rings. The fourth-order valence-electron chi connectivity index (χ4n) is 4.24.